The van der Waals surface area contributed by atoms with Crippen LogP contribution in [0.3, 0.4) is 0 Å². The van der Waals surface area contributed by atoms with Crippen LogP contribution in [0.2, 0.25) is 0 Å². The van der Waals surface area contributed by atoms with E-state index in [2.05, 4.69) is 0 Å². The molecule has 0 amide bonds. The first kappa shape index (κ1) is 15.5. The summed E-state index contributed by atoms with van der Waals surface area (Å²) < 4.78 is 5.14. The quantitative estimate of drug-likeness (QED) is 0.344. The smallest absolute Gasteiger partial charge is 0.233 e. The van der Waals surface area contributed by atoms with Gasteiger partial charge in [-0.2, -0.15) is 0 Å². The number of hydrogen-bond donors (Lipinski definition) is 5. The third-order valence-corrected chi connectivity index (χ3v) is 3.86. The lowest BCUT2D eigenvalue weighted by Gasteiger charge is -2.45. The monoisotopic (exact) mass is 300 g/mol. The van der Waals surface area contributed by atoms with Crippen LogP contribution in [0.25, 0.3) is 0 Å². The van der Waals surface area contributed by atoms with Crippen molar-refractivity contribution in [2.75, 3.05) is 6.61 Å². The largest absolute Gasteiger partial charge is 0.394 e. The van der Waals surface area contributed by atoms with Gasteiger partial charge in [0.05, 0.1) is 11.5 Å². The average molecular weight is 300 g/mol. The number of benzene rings is 1. The Bertz CT molecular complexity index is 479. The summed E-state index contributed by atoms with van der Waals surface area (Å²) in [4.78, 5) is -0.130. The zero-order valence-electron chi connectivity index (χ0n) is 10.5. The van der Waals surface area contributed by atoms with Gasteiger partial charge in [0.2, 0.25) is 5.79 Å². The highest BCUT2D eigenvalue weighted by atomic mass is 32.1. The highest BCUT2D eigenvalue weighted by Crippen LogP contribution is 2.31. The molecular weight excluding hydrogens is 284 g/mol. The van der Waals surface area contributed by atoms with Crippen molar-refractivity contribution in [3.63, 3.8) is 0 Å². The molecule has 1 heterocycles. The summed E-state index contributed by atoms with van der Waals surface area (Å²) in [6.45, 7) is -0.634. The molecule has 1 aliphatic rings. The van der Waals surface area contributed by atoms with Gasteiger partial charge in [0.15, 0.2) is 0 Å². The molecule has 2 rings (SSSR count). The number of aliphatic hydroxyl groups is 5. The highest BCUT2D eigenvalue weighted by molar-refractivity contribution is 7.81. The molecule has 1 fully saturated rings. The van der Waals surface area contributed by atoms with Crippen LogP contribution in [-0.2, 0) is 4.74 Å². The molecule has 7 heteroatoms. The molecule has 1 aliphatic heterocycles. The molecule has 1 saturated heterocycles. The van der Waals surface area contributed by atoms with Crippen molar-refractivity contribution < 1.29 is 30.3 Å². The zero-order valence-corrected chi connectivity index (χ0v) is 11.3. The maximum absolute atomic E-state index is 10.5. The van der Waals surface area contributed by atoms with Crippen molar-refractivity contribution in [3.8, 4) is 0 Å². The molecule has 1 aromatic carbocycles. The maximum atomic E-state index is 10.5. The normalized spacial score (nSPS) is 37.6. The lowest BCUT2D eigenvalue weighted by molar-refractivity contribution is -0.315. The van der Waals surface area contributed by atoms with Crippen molar-refractivity contribution >= 4 is 17.1 Å². The first-order valence-corrected chi connectivity index (χ1v) is 6.47. The average Bonchev–Trinajstić information content (AvgIpc) is 2.49. The van der Waals surface area contributed by atoms with Crippen molar-refractivity contribution in [1.82, 2.24) is 0 Å². The number of thiocarbonyl (C=S) groups is 1. The van der Waals surface area contributed by atoms with Crippen LogP contribution in [-0.4, -0.2) is 67.2 Å². The molecule has 5 N–H and O–H groups in total. The van der Waals surface area contributed by atoms with Crippen LogP contribution in [0.4, 0.5) is 0 Å². The minimum atomic E-state index is -2.36. The fourth-order valence-corrected chi connectivity index (χ4v) is 2.44. The van der Waals surface area contributed by atoms with Crippen LogP contribution >= 0.6 is 12.2 Å². The number of ether oxygens (including phenoxy) is 1. The first-order valence-electron chi connectivity index (χ1n) is 6.07. The Kier molecular flexibility index (Phi) is 4.50. The van der Waals surface area contributed by atoms with Crippen LogP contribution in [0.5, 0.6) is 0 Å². The van der Waals surface area contributed by atoms with Crippen LogP contribution in [0, 0.1) is 0 Å². The van der Waals surface area contributed by atoms with Gasteiger partial charge in [-0.15, -0.1) is 0 Å². The van der Waals surface area contributed by atoms with Gasteiger partial charge in [0.25, 0.3) is 0 Å². The highest BCUT2D eigenvalue weighted by Gasteiger charge is 2.55. The number of rotatable bonds is 3. The molecule has 0 spiro atoms. The molecule has 0 bridgehead atoms. The van der Waals surface area contributed by atoms with Crippen LogP contribution in [0.15, 0.2) is 30.3 Å². The predicted octanol–water partition coefficient (Wildman–Crippen LogP) is -1.43. The lowest BCUT2D eigenvalue weighted by atomic mass is 9.88. The molecule has 0 aromatic heterocycles. The van der Waals surface area contributed by atoms with E-state index in [1.54, 1.807) is 30.3 Å². The van der Waals surface area contributed by atoms with Crippen LogP contribution in [0.1, 0.15) is 5.56 Å². The summed E-state index contributed by atoms with van der Waals surface area (Å²) in [5, 5.41) is 48.9. The summed E-state index contributed by atoms with van der Waals surface area (Å²) in [6.07, 6.45) is -6.28. The van der Waals surface area contributed by atoms with Crippen molar-refractivity contribution in [2.45, 2.75) is 30.2 Å². The van der Waals surface area contributed by atoms with E-state index in [1.165, 1.54) is 0 Å². The van der Waals surface area contributed by atoms with Gasteiger partial charge in [-0.25, -0.2) is 0 Å². The first-order chi connectivity index (χ1) is 9.41. The lowest BCUT2D eigenvalue weighted by Crippen LogP contribution is -2.67. The second kappa shape index (κ2) is 5.82. The Morgan fingerprint density at radius 2 is 1.75 bits per heavy atom. The van der Waals surface area contributed by atoms with E-state index in [0.29, 0.717) is 5.56 Å². The maximum Gasteiger partial charge on any atom is 0.233 e. The Labute approximate surface area is 120 Å². The fourth-order valence-electron chi connectivity index (χ4n) is 2.14. The second-order valence-electron chi connectivity index (χ2n) is 4.66. The van der Waals surface area contributed by atoms with Gasteiger partial charge in [-0.3, -0.25) is 0 Å². The molecule has 0 saturated carbocycles. The Morgan fingerprint density at radius 3 is 2.30 bits per heavy atom. The van der Waals surface area contributed by atoms with Gasteiger partial charge < -0.3 is 30.3 Å². The summed E-state index contributed by atoms with van der Waals surface area (Å²) in [6, 6.07) is 8.36. The Balaban J connectivity index is 2.34. The Hall–Kier alpha value is -0.930. The minimum absolute atomic E-state index is 0.130. The molecular formula is C13H16O6S. The van der Waals surface area contributed by atoms with Gasteiger partial charge in [-0.05, 0) is 5.56 Å². The number of hydrogen-bond acceptors (Lipinski definition) is 7. The Morgan fingerprint density at radius 1 is 1.15 bits per heavy atom. The summed E-state index contributed by atoms with van der Waals surface area (Å²) in [5.41, 5.74) is 0.435. The van der Waals surface area contributed by atoms with Gasteiger partial charge in [-0.1, -0.05) is 42.5 Å². The molecule has 1 aromatic rings. The number of aliphatic hydroxyl groups excluding tert-OH is 4. The molecule has 0 unspecified atom stereocenters. The third kappa shape index (κ3) is 2.49. The molecule has 6 nitrogen and oxygen atoms in total. The third-order valence-electron chi connectivity index (χ3n) is 3.33. The van der Waals surface area contributed by atoms with Gasteiger partial charge in [0.1, 0.15) is 24.4 Å². The summed E-state index contributed by atoms with van der Waals surface area (Å²) in [5.74, 6) is -2.36. The van der Waals surface area contributed by atoms with E-state index in [1.807, 2.05) is 0 Å². The van der Waals surface area contributed by atoms with E-state index >= 15 is 0 Å². The second-order valence-corrected chi connectivity index (χ2v) is 5.06. The molecule has 5 atom stereocenters. The van der Waals surface area contributed by atoms with E-state index in [-0.39, 0.29) is 4.86 Å². The minimum Gasteiger partial charge on any atom is -0.394 e. The molecule has 20 heavy (non-hydrogen) atoms. The standard InChI is InChI=1S/C13H16O6S/c14-6-8-9(15)10(16)11(17)13(18,19-8)12(20)7-4-2-1-3-5-7/h1-5,8-11,14-18H,6H2/t8-,9+,10+,11-,13+/m1/s1. The van der Waals surface area contributed by atoms with Crippen molar-refractivity contribution in [3.05, 3.63) is 35.9 Å². The predicted molar refractivity (Wildman–Crippen MR) is 73.1 cm³/mol. The zero-order chi connectivity index (χ0) is 14.9. The summed E-state index contributed by atoms with van der Waals surface area (Å²) in [7, 11) is 0. The van der Waals surface area contributed by atoms with E-state index in [4.69, 9.17) is 22.1 Å². The summed E-state index contributed by atoms with van der Waals surface area (Å²) >= 11 is 5.11. The van der Waals surface area contributed by atoms with E-state index < -0.39 is 36.8 Å². The molecule has 0 radical (unpaired) electrons. The van der Waals surface area contributed by atoms with E-state index in [0.717, 1.165) is 0 Å². The van der Waals surface area contributed by atoms with Gasteiger partial charge >= 0.3 is 0 Å². The molecule has 110 valence electrons. The van der Waals surface area contributed by atoms with Crippen molar-refractivity contribution in [2.24, 2.45) is 0 Å². The topological polar surface area (TPSA) is 110 Å². The van der Waals surface area contributed by atoms with Crippen molar-refractivity contribution in [1.29, 1.82) is 0 Å². The fraction of sp³-hybridized carbons (Fsp3) is 0.462. The van der Waals surface area contributed by atoms with Crippen LogP contribution < -0.4 is 0 Å². The van der Waals surface area contributed by atoms with E-state index in [9.17, 15) is 20.4 Å². The SMILES string of the molecule is OC[C@H]1O[C@](O)(C(=S)c2ccccc2)[C@H](O)[C@@H](O)[C@H]1O. The van der Waals surface area contributed by atoms with Gasteiger partial charge in [0, 0.05) is 0 Å². The molecule has 0 aliphatic carbocycles.